The second-order valence-corrected chi connectivity index (χ2v) is 5.50. The fourth-order valence-corrected chi connectivity index (χ4v) is 2.74. The fraction of sp³-hybridized carbons (Fsp3) is 0.125. The lowest BCUT2D eigenvalue weighted by molar-refractivity contribution is 0.102. The predicted molar refractivity (Wildman–Crippen MR) is 85.0 cm³/mol. The first kappa shape index (κ1) is 14.5. The largest absolute Gasteiger partial charge is 0.462 e. The normalized spacial score (nSPS) is 10.6. The van der Waals surface area contributed by atoms with Gasteiger partial charge in [0.25, 0.3) is 5.91 Å². The van der Waals surface area contributed by atoms with Crippen LogP contribution in [0.25, 0.3) is 10.8 Å². The van der Waals surface area contributed by atoms with Gasteiger partial charge in [-0.25, -0.2) is 4.98 Å². The van der Waals surface area contributed by atoms with Crippen molar-refractivity contribution in [3.05, 3.63) is 59.3 Å². The summed E-state index contributed by atoms with van der Waals surface area (Å²) in [6.07, 6.45) is 2.18. The molecule has 0 saturated heterocycles. The van der Waals surface area contributed by atoms with Gasteiger partial charge in [0, 0.05) is 17.7 Å². The van der Waals surface area contributed by atoms with Crippen molar-refractivity contribution >= 4 is 22.9 Å². The molecular formula is C16H14N2O3S. The smallest absolute Gasteiger partial charge is 0.275 e. The Kier molecular flexibility index (Phi) is 4.32. The Labute approximate surface area is 131 Å². The zero-order valence-corrected chi connectivity index (χ0v) is 12.5. The van der Waals surface area contributed by atoms with Crippen molar-refractivity contribution in [1.29, 1.82) is 0 Å². The van der Waals surface area contributed by atoms with Gasteiger partial charge in [-0.15, -0.1) is 11.3 Å². The predicted octanol–water partition coefficient (Wildman–Crippen LogP) is 3.19. The van der Waals surface area contributed by atoms with E-state index in [9.17, 15) is 4.79 Å². The third-order valence-corrected chi connectivity index (χ3v) is 3.94. The third-order valence-electron chi connectivity index (χ3n) is 3.08. The lowest BCUT2D eigenvalue weighted by Gasteiger charge is -2.04. The van der Waals surface area contributed by atoms with Crippen molar-refractivity contribution in [2.24, 2.45) is 0 Å². The molecule has 112 valence electrons. The van der Waals surface area contributed by atoms with Crippen molar-refractivity contribution in [2.45, 2.75) is 6.42 Å². The molecule has 0 unspecified atom stereocenters. The molecule has 6 heteroatoms. The van der Waals surface area contributed by atoms with E-state index < -0.39 is 0 Å². The second kappa shape index (κ2) is 6.55. The first-order valence-electron chi connectivity index (χ1n) is 6.77. The van der Waals surface area contributed by atoms with Gasteiger partial charge in [0.15, 0.2) is 10.8 Å². The Morgan fingerprint density at radius 3 is 2.77 bits per heavy atom. The number of aliphatic hydroxyl groups excluding tert-OH is 1. The number of aliphatic hydroxyl groups is 1. The Balaban J connectivity index is 1.69. The summed E-state index contributed by atoms with van der Waals surface area (Å²) in [6, 6.07) is 11.0. The van der Waals surface area contributed by atoms with Gasteiger partial charge in [-0.2, -0.15) is 0 Å². The highest BCUT2D eigenvalue weighted by Crippen LogP contribution is 2.24. The fourth-order valence-electron chi connectivity index (χ4n) is 1.97. The molecule has 3 rings (SSSR count). The highest BCUT2D eigenvalue weighted by atomic mass is 32.1. The lowest BCUT2D eigenvalue weighted by atomic mass is 10.1. The van der Waals surface area contributed by atoms with Crippen molar-refractivity contribution in [2.75, 3.05) is 11.9 Å². The minimum atomic E-state index is -0.260. The van der Waals surface area contributed by atoms with Crippen molar-refractivity contribution in [3.63, 3.8) is 0 Å². The molecule has 0 saturated carbocycles. The van der Waals surface area contributed by atoms with E-state index >= 15 is 0 Å². The zero-order chi connectivity index (χ0) is 15.4. The van der Waals surface area contributed by atoms with Crippen LogP contribution in [0.4, 0.5) is 5.69 Å². The van der Waals surface area contributed by atoms with Crippen molar-refractivity contribution in [3.8, 4) is 10.8 Å². The van der Waals surface area contributed by atoms with Crippen LogP contribution in [0.1, 0.15) is 16.1 Å². The van der Waals surface area contributed by atoms with Gasteiger partial charge in [0.05, 0.1) is 6.26 Å². The molecule has 3 aromatic rings. The summed E-state index contributed by atoms with van der Waals surface area (Å²) in [5, 5.41) is 14.1. The van der Waals surface area contributed by atoms with Crippen molar-refractivity contribution < 1.29 is 14.3 Å². The van der Waals surface area contributed by atoms with E-state index in [1.165, 1.54) is 11.3 Å². The van der Waals surface area contributed by atoms with Gasteiger partial charge >= 0.3 is 0 Å². The van der Waals surface area contributed by atoms with Crippen LogP contribution in [0.5, 0.6) is 0 Å². The number of hydrogen-bond acceptors (Lipinski definition) is 5. The van der Waals surface area contributed by atoms with Crippen LogP contribution in [0.2, 0.25) is 0 Å². The van der Waals surface area contributed by atoms with Crippen LogP contribution in [0, 0.1) is 0 Å². The SMILES string of the molecule is O=C(Nc1ccc(CCO)cc1)c1csc(-c2ccco2)n1. The van der Waals surface area contributed by atoms with Crippen LogP contribution in [0.15, 0.2) is 52.5 Å². The number of benzene rings is 1. The molecule has 22 heavy (non-hydrogen) atoms. The maximum atomic E-state index is 12.2. The summed E-state index contributed by atoms with van der Waals surface area (Å²) in [5.74, 6) is 0.390. The lowest BCUT2D eigenvalue weighted by Crippen LogP contribution is -2.12. The zero-order valence-electron chi connectivity index (χ0n) is 11.7. The number of furan rings is 1. The number of rotatable bonds is 5. The van der Waals surface area contributed by atoms with E-state index in [-0.39, 0.29) is 12.5 Å². The average Bonchev–Trinajstić information content (AvgIpc) is 3.20. The van der Waals surface area contributed by atoms with Crippen LogP contribution in [-0.4, -0.2) is 22.6 Å². The summed E-state index contributed by atoms with van der Waals surface area (Å²) < 4.78 is 5.26. The third kappa shape index (κ3) is 3.24. The number of nitrogens with zero attached hydrogens (tertiary/aromatic N) is 1. The molecule has 0 aliphatic carbocycles. The number of carbonyl (C=O) groups is 1. The van der Waals surface area contributed by atoms with Crippen LogP contribution in [-0.2, 0) is 6.42 Å². The molecule has 2 N–H and O–H groups in total. The summed E-state index contributed by atoms with van der Waals surface area (Å²) in [7, 11) is 0. The van der Waals surface area contributed by atoms with E-state index in [1.54, 1.807) is 23.8 Å². The van der Waals surface area contributed by atoms with E-state index in [0.29, 0.717) is 28.6 Å². The molecule has 2 heterocycles. The molecule has 5 nitrogen and oxygen atoms in total. The van der Waals surface area contributed by atoms with Crippen LogP contribution in [0.3, 0.4) is 0 Å². The highest BCUT2D eigenvalue weighted by Gasteiger charge is 2.13. The molecule has 0 spiro atoms. The molecule has 2 aromatic heterocycles. The monoisotopic (exact) mass is 314 g/mol. The summed E-state index contributed by atoms with van der Waals surface area (Å²) in [4.78, 5) is 16.4. The molecule has 1 amide bonds. The number of carbonyl (C=O) groups excluding carboxylic acids is 1. The summed E-state index contributed by atoms with van der Waals surface area (Å²) in [6.45, 7) is 0.111. The summed E-state index contributed by atoms with van der Waals surface area (Å²) >= 11 is 1.36. The highest BCUT2D eigenvalue weighted by molar-refractivity contribution is 7.13. The molecule has 1 aromatic carbocycles. The number of anilines is 1. The maximum Gasteiger partial charge on any atom is 0.275 e. The Morgan fingerprint density at radius 2 is 2.09 bits per heavy atom. The van der Waals surface area contributed by atoms with Gasteiger partial charge in [0.2, 0.25) is 0 Å². The second-order valence-electron chi connectivity index (χ2n) is 4.64. The number of thiazole rings is 1. The van der Waals surface area contributed by atoms with Gasteiger partial charge in [0.1, 0.15) is 5.69 Å². The first-order valence-corrected chi connectivity index (χ1v) is 7.65. The van der Waals surface area contributed by atoms with Crippen LogP contribution < -0.4 is 5.32 Å². The molecule has 0 aliphatic rings. The molecular weight excluding hydrogens is 300 g/mol. The minimum Gasteiger partial charge on any atom is -0.462 e. The van der Waals surface area contributed by atoms with Gasteiger partial charge in [-0.05, 0) is 36.2 Å². The quantitative estimate of drug-likeness (QED) is 0.758. The van der Waals surface area contributed by atoms with Gasteiger partial charge in [-0.3, -0.25) is 4.79 Å². The number of nitrogens with one attached hydrogen (secondary N) is 1. The molecule has 0 bridgehead atoms. The maximum absolute atomic E-state index is 12.2. The Morgan fingerprint density at radius 1 is 1.27 bits per heavy atom. The standard InChI is InChI=1S/C16H14N2O3S/c19-8-7-11-3-5-12(6-4-11)17-15(20)13-10-22-16(18-13)14-2-1-9-21-14/h1-6,9-10,19H,7-8H2,(H,17,20). The molecule has 0 atom stereocenters. The molecule has 0 radical (unpaired) electrons. The van der Waals surface area contributed by atoms with E-state index in [2.05, 4.69) is 10.3 Å². The summed E-state index contributed by atoms with van der Waals surface area (Å²) in [5.41, 5.74) is 2.07. The first-order chi connectivity index (χ1) is 10.8. The van der Waals surface area contributed by atoms with Crippen molar-refractivity contribution in [1.82, 2.24) is 4.98 Å². The van der Waals surface area contributed by atoms with E-state index in [4.69, 9.17) is 9.52 Å². The average molecular weight is 314 g/mol. The Hall–Kier alpha value is -2.44. The molecule has 0 aliphatic heterocycles. The topological polar surface area (TPSA) is 75.4 Å². The van der Waals surface area contributed by atoms with E-state index in [1.807, 2.05) is 24.3 Å². The van der Waals surface area contributed by atoms with E-state index in [0.717, 1.165) is 5.56 Å². The number of hydrogen-bond donors (Lipinski definition) is 2. The van der Waals surface area contributed by atoms with Crippen LogP contribution >= 0.6 is 11.3 Å². The number of amides is 1. The number of aromatic nitrogens is 1. The minimum absolute atomic E-state index is 0.111. The Bertz CT molecular complexity index is 748. The van der Waals surface area contributed by atoms with Gasteiger partial charge in [-0.1, -0.05) is 12.1 Å². The van der Waals surface area contributed by atoms with Gasteiger partial charge < -0.3 is 14.8 Å². The molecule has 0 fully saturated rings.